The second kappa shape index (κ2) is 5.29. The molecule has 1 N–H and O–H groups in total. The van der Waals surface area contributed by atoms with Crippen molar-refractivity contribution in [2.75, 3.05) is 13.1 Å². The molecule has 0 saturated carbocycles. The maximum atomic E-state index is 11.7. The van der Waals surface area contributed by atoms with E-state index in [-0.39, 0.29) is 0 Å². The van der Waals surface area contributed by atoms with Crippen molar-refractivity contribution in [2.24, 2.45) is 0 Å². The van der Waals surface area contributed by atoms with Gasteiger partial charge in [-0.15, -0.1) is 0 Å². The number of likely N-dealkylation sites (tertiary alicyclic amines) is 1. The minimum Gasteiger partial charge on any atom is -0.480 e. The van der Waals surface area contributed by atoms with Crippen LogP contribution in [0.5, 0.6) is 0 Å². The molecule has 1 heterocycles. The maximum absolute atomic E-state index is 11.7. The molecule has 1 saturated heterocycles. The molecular weight excluding hydrogens is 250 g/mol. The Balaban J connectivity index is 2.39. The van der Waals surface area contributed by atoms with E-state index in [9.17, 15) is 9.90 Å². The lowest BCUT2D eigenvalue weighted by Gasteiger charge is -2.40. The summed E-state index contributed by atoms with van der Waals surface area (Å²) < 4.78 is 0. The van der Waals surface area contributed by atoms with Crippen molar-refractivity contribution in [3.63, 3.8) is 0 Å². The average molecular weight is 268 g/mol. The highest BCUT2D eigenvalue weighted by Gasteiger charge is 2.41. The largest absolute Gasteiger partial charge is 0.480 e. The van der Waals surface area contributed by atoms with Crippen molar-refractivity contribution in [2.45, 2.75) is 31.7 Å². The molecule has 1 atom stereocenters. The van der Waals surface area contributed by atoms with Crippen molar-refractivity contribution < 1.29 is 9.90 Å². The summed E-state index contributed by atoms with van der Waals surface area (Å²) in [6, 6.07) is 7.17. The molecule has 1 unspecified atom stereocenters. The van der Waals surface area contributed by atoms with Gasteiger partial charge in [0.15, 0.2) is 0 Å². The first-order valence-corrected chi connectivity index (χ1v) is 6.67. The molecule has 98 valence electrons. The molecule has 0 radical (unpaired) electrons. The van der Waals surface area contributed by atoms with E-state index >= 15 is 0 Å². The summed E-state index contributed by atoms with van der Waals surface area (Å²) in [5.41, 5.74) is -0.227. The van der Waals surface area contributed by atoms with Gasteiger partial charge in [0.1, 0.15) is 5.54 Å². The monoisotopic (exact) mass is 267 g/mol. The van der Waals surface area contributed by atoms with Gasteiger partial charge < -0.3 is 5.11 Å². The zero-order valence-corrected chi connectivity index (χ0v) is 11.3. The predicted octanol–water partition coefficient (Wildman–Crippen LogP) is 3.13. The summed E-state index contributed by atoms with van der Waals surface area (Å²) >= 11 is 5.98. The molecule has 0 aromatic heterocycles. The number of halogens is 1. The van der Waals surface area contributed by atoms with Gasteiger partial charge in [0.2, 0.25) is 0 Å². The van der Waals surface area contributed by atoms with Gasteiger partial charge in [-0.3, -0.25) is 4.90 Å². The van der Waals surface area contributed by atoms with Crippen LogP contribution in [0.4, 0.5) is 0 Å². The number of carbonyl (C=O) groups is 1. The van der Waals surface area contributed by atoms with Crippen molar-refractivity contribution in [1.82, 2.24) is 4.90 Å². The summed E-state index contributed by atoms with van der Waals surface area (Å²) in [5, 5.41) is 10.2. The number of carboxylic acid groups (broad SMARTS) is 1. The molecule has 4 heteroatoms. The van der Waals surface area contributed by atoms with Gasteiger partial charge in [-0.1, -0.05) is 30.2 Å². The Morgan fingerprint density at radius 3 is 2.56 bits per heavy atom. The van der Waals surface area contributed by atoms with E-state index in [0.29, 0.717) is 5.02 Å². The van der Waals surface area contributed by atoms with Crippen LogP contribution in [0.1, 0.15) is 31.7 Å². The summed E-state index contributed by atoms with van der Waals surface area (Å²) in [4.78, 5) is 13.8. The molecule has 2 rings (SSSR count). The minimum atomic E-state index is -0.981. The molecule has 3 nitrogen and oxygen atoms in total. The van der Waals surface area contributed by atoms with E-state index in [4.69, 9.17) is 11.6 Å². The third kappa shape index (κ3) is 2.38. The third-order valence-electron chi connectivity index (χ3n) is 3.79. The van der Waals surface area contributed by atoms with Crippen LogP contribution >= 0.6 is 11.6 Å². The van der Waals surface area contributed by atoms with E-state index < -0.39 is 11.5 Å². The van der Waals surface area contributed by atoms with Crippen LogP contribution in [0.15, 0.2) is 24.3 Å². The second-order valence-corrected chi connectivity index (χ2v) is 5.37. The summed E-state index contributed by atoms with van der Waals surface area (Å²) in [5.74, 6) is -0.813. The number of aliphatic carboxylic acids is 1. The summed E-state index contributed by atoms with van der Waals surface area (Å²) in [7, 11) is 0. The molecule has 1 aromatic carbocycles. The molecule has 1 aliphatic rings. The third-order valence-corrected chi connectivity index (χ3v) is 4.03. The van der Waals surface area contributed by atoms with E-state index in [1.54, 1.807) is 19.1 Å². The van der Waals surface area contributed by atoms with Gasteiger partial charge in [-0.2, -0.15) is 0 Å². The molecule has 1 fully saturated rings. The topological polar surface area (TPSA) is 40.5 Å². The first-order chi connectivity index (χ1) is 8.55. The molecule has 0 amide bonds. The smallest absolute Gasteiger partial charge is 0.328 e. The maximum Gasteiger partial charge on any atom is 0.328 e. The average Bonchev–Trinajstić information content (AvgIpc) is 2.38. The quantitative estimate of drug-likeness (QED) is 0.915. The fourth-order valence-corrected chi connectivity index (χ4v) is 2.76. The van der Waals surface area contributed by atoms with Crippen molar-refractivity contribution in [3.05, 3.63) is 34.9 Å². The van der Waals surface area contributed by atoms with Crippen LogP contribution in [-0.2, 0) is 10.3 Å². The normalized spacial score (nSPS) is 20.3. The molecule has 18 heavy (non-hydrogen) atoms. The highest BCUT2D eigenvalue weighted by molar-refractivity contribution is 6.30. The van der Waals surface area contributed by atoms with Gasteiger partial charge in [-0.05, 0) is 50.6 Å². The van der Waals surface area contributed by atoms with Gasteiger partial charge >= 0.3 is 5.97 Å². The molecule has 1 aliphatic heterocycles. The molecule has 1 aromatic rings. The Hall–Kier alpha value is -1.06. The van der Waals surface area contributed by atoms with Crippen molar-refractivity contribution in [1.29, 1.82) is 0 Å². The molecule has 0 spiro atoms. The Labute approximate surface area is 112 Å². The van der Waals surface area contributed by atoms with E-state index in [1.165, 1.54) is 6.42 Å². The Bertz CT molecular complexity index is 443. The summed E-state index contributed by atoms with van der Waals surface area (Å²) in [6.07, 6.45) is 3.30. The van der Waals surface area contributed by atoms with Gasteiger partial charge in [0, 0.05) is 5.02 Å². The van der Waals surface area contributed by atoms with Crippen LogP contribution < -0.4 is 0 Å². The zero-order valence-electron chi connectivity index (χ0n) is 10.5. The number of nitrogens with zero attached hydrogens (tertiary/aromatic N) is 1. The Morgan fingerprint density at radius 2 is 2.00 bits per heavy atom. The van der Waals surface area contributed by atoms with Gasteiger partial charge in [0.25, 0.3) is 0 Å². The fourth-order valence-electron chi connectivity index (χ4n) is 2.57. The highest BCUT2D eigenvalue weighted by atomic mass is 35.5. The first-order valence-electron chi connectivity index (χ1n) is 6.29. The second-order valence-electron chi connectivity index (χ2n) is 4.94. The number of piperidine rings is 1. The molecule has 0 aliphatic carbocycles. The van der Waals surface area contributed by atoms with Crippen LogP contribution in [0.25, 0.3) is 0 Å². The van der Waals surface area contributed by atoms with E-state index in [1.807, 2.05) is 17.0 Å². The number of benzene rings is 1. The van der Waals surface area contributed by atoms with Crippen LogP contribution in [0.3, 0.4) is 0 Å². The van der Waals surface area contributed by atoms with Gasteiger partial charge in [-0.25, -0.2) is 4.79 Å². The predicted molar refractivity (Wildman–Crippen MR) is 71.9 cm³/mol. The summed E-state index contributed by atoms with van der Waals surface area (Å²) in [6.45, 7) is 3.43. The lowest BCUT2D eigenvalue weighted by molar-refractivity contribution is -0.152. The van der Waals surface area contributed by atoms with Crippen molar-refractivity contribution in [3.8, 4) is 0 Å². The Kier molecular flexibility index (Phi) is 3.93. The minimum absolute atomic E-state index is 0.581. The SMILES string of the molecule is CC(C(=O)O)(c1cccc(Cl)c1)N1CCCCC1. The van der Waals surface area contributed by atoms with Crippen LogP contribution in [-0.4, -0.2) is 29.1 Å². The standard InChI is InChI=1S/C14H18ClNO2/c1-14(13(17)18,16-8-3-2-4-9-16)11-6-5-7-12(15)10-11/h5-7,10H,2-4,8-9H2,1H3,(H,17,18). The highest BCUT2D eigenvalue weighted by Crippen LogP contribution is 2.32. The number of carboxylic acids is 1. The van der Waals surface area contributed by atoms with Crippen LogP contribution in [0, 0.1) is 0 Å². The van der Waals surface area contributed by atoms with E-state index in [2.05, 4.69) is 0 Å². The lowest BCUT2D eigenvalue weighted by atomic mass is 9.88. The van der Waals surface area contributed by atoms with Crippen molar-refractivity contribution >= 4 is 17.6 Å². The molecule has 0 bridgehead atoms. The lowest BCUT2D eigenvalue weighted by Crippen LogP contribution is -2.51. The Morgan fingerprint density at radius 1 is 1.33 bits per heavy atom. The number of hydrogen-bond acceptors (Lipinski definition) is 2. The molecular formula is C14H18ClNO2. The van der Waals surface area contributed by atoms with Crippen LogP contribution in [0.2, 0.25) is 5.02 Å². The fraction of sp³-hybridized carbons (Fsp3) is 0.500. The van der Waals surface area contributed by atoms with E-state index in [0.717, 1.165) is 31.5 Å². The first kappa shape index (κ1) is 13.4. The zero-order chi connectivity index (χ0) is 13.2. The number of hydrogen-bond donors (Lipinski definition) is 1. The van der Waals surface area contributed by atoms with Gasteiger partial charge in [0.05, 0.1) is 0 Å². The number of rotatable bonds is 3.